The van der Waals surface area contributed by atoms with Gasteiger partial charge < -0.3 is 9.90 Å². The van der Waals surface area contributed by atoms with E-state index in [4.69, 9.17) is 9.90 Å². The van der Waals surface area contributed by atoms with E-state index >= 15 is 0 Å². The van der Waals surface area contributed by atoms with Crippen LogP contribution < -0.4 is 5.11 Å². The zero-order valence-corrected chi connectivity index (χ0v) is 14.4. The van der Waals surface area contributed by atoms with Crippen LogP contribution in [0.5, 0.6) is 0 Å². The molecule has 1 aliphatic rings. The number of carboxylic acid groups (broad SMARTS) is 1. The maximum Gasteiger partial charge on any atom is 1.00 e. The molecule has 0 saturated heterocycles. The van der Waals surface area contributed by atoms with Crippen LogP contribution in [0.1, 0.15) is 18.1 Å². The Bertz CT molecular complexity index is 314. The van der Waals surface area contributed by atoms with Crippen molar-refractivity contribution in [3.8, 4) is 0 Å². The average Bonchev–Trinajstić information content (AvgIpc) is 2.17. The molecule has 0 saturated carbocycles. The molecule has 0 N–H and O–H groups in total. The van der Waals surface area contributed by atoms with E-state index in [-0.39, 0.29) is 27.7 Å². The molecule has 0 fully saturated rings. The molecule has 0 heterocycles. The van der Waals surface area contributed by atoms with E-state index in [0.29, 0.717) is 0 Å². The summed E-state index contributed by atoms with van der Waals surface area (Å²) in [5, 5.41) is 8.89. The normalized spacial score (nSPS) is 11.5. The summed E-state index contributed by atoms with van der Waals surface area (Å²) in [5.74, 6) is -1.08. The maximum atomic E-state index is 8.89. The van der Waals surface area contributed by atoms with E-state index < -0.39 is 5.97 Å². The van der Waals surface area contributed by atoms with Crippen molar-refractivity contribution in [3.63, 3.8) is 0 Å². The third-order valence-electron chi connectivity index (χ3n) is 1.96. The maximum absolute atomic E-state index is 8.89. The van der Waals surface area contributed by atoms with Crippen molar-refractivity contribution in [3.05, 3.63) is 47.5 Å². The molecule has 0 bridgehead atoms. The van der Waals surface area contributed by atoms with Gasteiger partial charge in [-0.15, -0.1) is 0 Å². The van der Waals surface area contributed by atoms with Crippen molar-refractivity contribution < 1.29 is 37.6 Å². The quantitative estimate of drug-likeness (QED) is 0.492. The first-order valence-corrected chi connectivity index (χ1v) is 4.59. The minimum absolute atomic E-state index is 0. The number of allylic oxidation sites excluding steroid dienone is 2. The minimum Gasteiger partial charge on any atom is -0.550 e. The predicted octanol–water partition coefficient (Wildman–Crippen LogP) is 1.10. The Kier molecular flexibility index (Phi) is 7.31. The second-order valence-corrected chi connectivity index (χ2v) is 3.14. The van der Waals surface area contributed by atoms with Gasteiger partial charge in [0.2, 0.25) is 0 Å². The monoisotopic (exact) mass is 391 g/mol. The SMILES string of the molecule is C1=CCc2ccccc2C1.CC(=O)[O-].[Hg+]. The first kappa shape index (κ1) is 14.4. The number of hydrogen-bond donors (Lipinski definition) is 0. The van der Waals surface area contributed by atoms with Crippen LogP contribution in [0.3, 0.4) is 0 Å². The summed E-state index contributed by atoms with van der Waals surface area (Å²) in [5.41, 5.74) is 2.98. The van der Waals surface area contributed by atoms with Crippen LogP contribution >= 0.6 is 0 Å². The van der Waals surface area contributed by atoms with Crippen molar-refractivity contribution in [2.75, 3.05) is 0 Å². The molecule has 0 atom stereocenters. The van der Waals surface area contributed by atoms with Crippen LogP contribution in [0, 0.1) is 0 Å². The average molecular weight is 390 g/mol. The molecule has 0 unspecified atom stereocenters. The second-order valence-electron chi connectivity index (χ2n) is 3.14. The van der Waals surface area contributed by atoms with Crippen molar-refractivity contribution in [1.82, 2.24) is 0 Å². The van der Waals surface area contributed by atoms with Gasteiger partial charge in [-0.1, -0.05) is 36.4 Å². The van der Waals surface area contributed by atoms with Crippen LogP contribution in [0.25, 0.3) is 0 Å². The predicted molar refractivity (Wildman–Crippen MR) is 53.7 cm³/mol. The Balaban J connectivity index is 0.000000346. The Morgan fingerprint density at radius 3 is 1.80 bits per heavy atom. The van der Waals surface area contributed by atoms with Crippen LogP contribution in [-0.4, -0.2) is 5.97 Å². The summed E-state index contributed by atoms with van der Waals surface area (Å²) < 4.78 is 0. The summed E-state index contributed by atoms with van der Waals surface area (Å²) in [7, 11) is 0. The van der Waals surface area contributed by atoms with Crippen LogP contribution in [0.4, 0.5) is 0 Å². The summed E-state index contributed by atoms with van der Waals surface area (Å²) in [4.78, 5) is 8.89. The fourth-order valence-corrected chi connectivity index (χ4v) is 1.38. The van der Waals surface area contributed by atoms with Gasteiger partial charge in [-0.05, 0) is 30.9 Å². The zero-order valence-electron chi connectivity index (χ0n) is 8.90. The molecule has 1 aromatic carbocycles. The second kappa shape index (κ2) is 7.63. The van der Waals surface area contributed by atoms with Crippen molar-refractivity contribution in [2.45, 2.75) is 19.8 Å². The molecule has 1 aliphatic carbocycles. The van der Waals surface area contributed by atoms with E-state index in [9.17, 15) is 0 Å². The zero-order chi connectivity index (χ0) is 10.4. The van der Waals surface area contributed by atoms with Gasteiger partial charge in [0.05, 0.1) is 0 Å². The molecule has 0 aliphatic heterocycles. The summed E-state index contributed by atoms with van der Waals surface area (Å²) in [6, 6.07) is 8.63. The molecule has 1 aromatic rings. The molecule has 75 valence electrons. The standard InChI is InChI=1S/C10H10.C2H4O2.Hg/c1-2-6-10-8-4-3-7-9(10)5-1;1-2(3)4;/h1-6H,7-8H2;1H3,(H,3,4);/q;;+1/p-1. The van der Waals surface area contributed by atoms with Crippen LogP contribution in [-0.2, 0) is 45.3 Å². The molecule has 0 amide bonds. The van der Waals surface area contributed by atoms with Gasteiger partial charge in [-0.3, -0.25) is 0 Å². The van der Waals surface area contributed by atoms with Crippen LogP contribution in [0.15, 0.2) is 36.4 Å². The first-order valence-electron chi connectivity index (χ1n) is 4.59. The number of rotatable bonds is 0. The Labute approximate surface area is 111 Å². The summed E-state index contributed by atoms with van der Waals surface area (Å²) in [6.45, 7) is 0.972. The largest absolute Gasteiger partial charge is 1.00 e. The molecule has 2 rings (SSSR count). The van der Waals surface area contributed by atoms with Gasteiger partial charge in [0, 0.05) is 5.97 Å². The van der Waals surface area contributed by atoms with E-state index in [2.05, 4.69) is 36.4 Å². The van der Waals surface area contributed by atoms with E-state index in [1.54, 1.807) is 0 Å². The van der Waals surface area contributed by atoms with Crippen molar-refractivity contribution in [2.24, 2.45) is 0 Å². The first-order chi connectivity index (χ1) is 6.70. The fraction of sp³-hybridized carbons (Fsp3) is 0.250. The van der Waals surface area contributed by atoms with E-state index in [0.717, 1.165) is 19.8 Å². The van der Waals surface area contributed by atoms with Gasteiger partial charge in [-0.25, -0.2) is 0 Å². The third kappa shape index (κ3) is 5.72. The number of fused-ring (bicyclic) bond motifs is 1. The topological polar surface area (TPSA) is 40.1 Å². The van der Waals surface area contributed by atoms with Gasteiger partial charge in [-0.2, -0.15) is 0 Å². The van der Waals surface area contributed by atoms with Crippen molar-refractivity contribution >= 4 is 5.97 Å². The number of carbonyl (C=O) groups excluding carboxylic acids is 1. The van der Waals surface area contributed by atoms with Gasteiger partial charge >= 0.3 is 27.7 Å². The number of benzene rings is 1. The fourth-order valence-electron chi connectivity index (χ4n) is 1.38. The minimum atomic E-state index is -1.08. The summed E-state index contributed by atoms with van der Waals surface area (Å²) in [6.07, 6.45) is 6.72. The smallest absolute Gasteiger partial charge is 0.550 e. The Morgan fingerprint density at radius 1 is 1.13 bits per heavy atom. The third-order valence-corrected chi connectivity index (χ3v) is 1.96. The van der Waals surface area contributed by atoms with Gasteiger partial charge in [0.15, 0.2) is 0 Å². The number of carboxylic acids is 1. The molecule has 0 aromatic heterocycles. The molecular formula is C12H13HgO2. The molecule has 15 heavy (non-hydrogen) atoms. The van der Waals surface area contributed by atoms with Gasteiger partial charge in [0.1, 0.15) is 0 Å². The molecule has 1 radical (unpaired) electrons. The number of hydrogen-bond acceptors (Lipinski definition) is 2. The van der Waals surface area contributed by atoms with E-state index in [1.807, 2.05) is 0 Å². The Morgan fingerprint density at radius 2 is 1.47 bits per heavy atom. The van der Waals surface area contributed by atoms with Crippen LogP contribution in [0.2, 0.25) is 0 Å². The molecule has 3 heteroatoms. The number of aliphatic carboxylic acids is 1. The molecule has 0 spiro atoms. The van der Waals surface area contributed by atoms with Crippen molar-refractivity contribution in [1.29, 1.82) is 0 Å². The molecule has 2 nitrogen and oxygen atoms in total. The Hall–Kier alpha value is -0.635. The molecular weight excluding hydrogens is 377 g/mol. The number of carbonyl (C=O) groups is 1. The summed E-state index contributed by atoms with van der Waals surface area (Å²) >= 11 is 0. The van der Waals surface area contributed by atoms with Gasteiger partial charge in [0.25, 0.3) is 0 Å². The van der Waals surface area contributed by atoms with E-state index in [1.165, 1.54) is 11.1 Å².